The Hall–Kier alpha value is -1.79. The molecule has 0 saturated heterocycles. The summed E-state index contributed by atoms with van der Waals surface area (Å²) in [7, 11) is 0. The first kappa shape index (κ1) is 13.3. The van der Waals surface area contributed by atoms with E-state index < -0.39 is 11.8 Å². The summed E-state index contributed by atoms with van der Waals surface area (Å²) < 4.78 is 0. The summed E-state index contributed by atoms with van der Waals surface area (Å²) in [5, 5.41) is 36.1. The maximum atomic E-state index is 10.9. The summed E-state index contributed by atoms with van der Waals surface area (Å²) in [5.74, 6) is -1.15. The fourth-order valence-corrected chi connectivity index (χ4v) is 1.54. The number of benzene rings is 1. The number of rotatable bonds is 5. The molecule has 1 aromatic carbocycles. The van der Waals surface area contributed by atoms with E-state index in [0.29, 0.717) is 5.56 Å². The molecular formula is C11H15NO5. The second kappa shape index (κ2) is 6.07. The molecule has 0 saturated carbocycles. The number of aliphatic hydroxyl groups excluding tert-OH is 1. The van der Waals surface area contributed by atoms with Crippen LogP contribution in [0.25, 0.3) is 0 Å². The molecule has 0 aliphatic rings. The normalized spacial score (nSPS) is 12.1. The van der Waals surface area contributed by atoms with Crippen molar-refractivity contribution < 1.29 is 25.3 Å². The number of carbonyl (C=O) groups excluding carboxylic acids is 1. The monoisotopic (exact) mass is 241 g/mol. The zero-order valence-electron chi connectivity index (χ0n) is 9.13. The minimum Gasteiger partial charge on any atom is -0.508 e. The molecule has 0 aliphatic carbocycles. The number of aliphatic hydroxyl groups is 1. The van der Waals surface area contributed by atoms with Gasteiger partial charge in [0.2, 0.25) is 5.91 Å². The van der Waals surface area contributed by atoms with E-state index in [1.54, 1.807) is 0 Å². The minimum absolute atomic E-state index is 0.0483. The van der Waals surface area contributed by atoms with E-state index in [-0.39, 0.29) is 30.9 Å². The van der Waals surface area contributed by atoms with Crippen LogP contribution in [0.1, 0.15) is 12.0 Å². The molecule has 0 radical (unpaired) electrons. The van der Waals surface area contributed by atoms with Crippen LogP contribution in [0.15, 0.2) is 18.2 Å². The number of amides is 1. The predicted octanol–water partition coefficient (Wildman–Crippen LogP) is 0.144. The zero-order chi connectivity index (χ0) is 12.8. The van der Waals surface area contributed by atoms with Crippen LogP contribution in [0, 0.1) is 5.92 Å². The lowest BCUT2D eigenvalue weighted by Gasteiger charge is -2.13. The van der Waals surface area contributed by atoms with Gasteiger partial charge in [0.1, 0.15) is 11.5 Å². The van der Waals surface area contributed by atoms with E-state index in [1.807, 2.05) is 0 Å². The smallest absolute Gasteiger partial charge is 0.243 e. The highest BCUT2D eigenvalue weighted by Crippen LogP contribution is 2.25. The maximum absolute atomic E-state index is 10.9. The van der Waals surface area contributed by atoms with Gasteiger partial charge < -0.3 is 15.3 Å². The van der Waals surface area contributed by atoms with E-state index in [2.05, 4.69) is 0 Å². The third kappa shape index (κ3) is 3.93. The van der Waals surface area contributed by atoms with Crippen molar-refractivity contribution >= 4 is 5.91 Å². The largest absolute Gasteiger partial charge is 0.508 e. The molecule has 0 aromatic heterocycles. The average Bonchev–Trinajstić information content (AvgIpc) is 2.31. The number of hydroxylamine groups is 1. The summed E-state index contributed by atoms with van der Waals surface area (Å²) in [6, 6.07) is 4.12. The first-order valence-corrected chi connectivity index (χ1v) is 5.11. The molecule has 1 unspecified atom stereocenters. The van der Waals surface area contributed by atoms with Crippen molar-refractivity contribution in [2.24, 2.45) is 5.92 Å². The standard InChI is InChI=1S/C11H15NO5/c13-6-7(4-11(16)12-17)3-8-1-2-9(14)5-10(8)15/h1-2,5,7,13-15,17H,3-4,6H2,(H,12,16). The fraction of sp³-hybridized carbons (Fsp3) is 0.364. The van der Waals surface area contributed by atoms with Crippen LogP contribution in [0.4, 0.5) is 0 Å². The van der Waals surface area contributed by atoms with Gasteiger partial charge in [-0.05, 0) is 24.0 Å². The second-order valence-corrected chi connectivity index (χ2v) is 3.80. The molecule has 0 aliphatic heterocycles. The minimum atomic E-state index is -0.595. The van der Waals surface area contributed by atoms with Crippen LogP contribution >= 0.6 is 0 Å². The van der Waals surface area contributed by atoms with Gasteiger partial charge in [-0.1, -0.05) is 6.07 Å². The molecule has 17 heavy (non-hydrogen) atoms. The molecule has 6 heteroatoms. The molecule has 0 fully saturated rings. The van der Waals surface area contributed by atoms with Crippen molar-refractivity contribution in [1.82, 2.24) is 5.48 Å². The Morgan fingerprint density at radius 3 is 2.59 bits per heavy atom. The summed E-state index contributed by atoms with van der Waals surface area (Å²) in [4.78, 5) is 10.9. The Balaban J connectivity index is 2.70. The van der Waals surface area contributed by atoms with Crippen molar-refractivity contribution in [2.75, 3.05) is 6.61 Å². The first-order valence-electron chi connectivity index (χ1n) is 5.11. The predicted molar refractivity (Wildman–Crippen MR) is 58.6 cm³/mol. The van der Waals surface area contributed by atoms with Gasteiger partial charge in [0.15, 0.2) is 0 Å². The lowest BCUT2D eigenvalue weighted by Crippen LogP contribution is -2.24. The number of carbonyl (C=O) groups is 1. The van der Waals surface area contributed by atoms with Crippen molar-refractivity contribution in [3.8, 4) is 11.5 Å². The highest BCUT2D eigenvalue weighted by atomic mass is 16.5. The van der Waals surface area contributed by atoms with Gasteiger partial charge in [0, 0.05) is 19.1 Å². The van der Waals surface area contributed by atoms with E-state index >= 15 is 0 Å². The number of nitrogens with one attached hydrogen (secondary N) is 1. The van der Waals surface area contributed by atoms with E-state index in [9.17, 15) is 9.90 Å². The van der Waals surface area contributed by atoms with E-state index in [1.165, 1.54) is 23.7 Å². The average molecular weight is 241 g/mol. The van der Waals surface area contributed by atoms with Gasteiger partial charge in [-0.25, -0.2) is 5.48 Å². The topological polar surface area (TPSA) is 110 Å². The highest BCUT2D eigenvalue weighted by Gasteiger charge is 2.15. The molecule has 1 aromatic rings. The van der Waals surface area contributed by atoms with Crippen molar-refractivity contribution in [3.63, 3.8) is 0 Å². The van der Waals surface area contributed by atoms with Gasteiger partial charge in [-0.2, -0.15) is 0 Å². The van der Waals surface area contributed by atoms with Crippen LogP contribution in [0.5, 0.6) is 11.5 Å². The third-order valence-electron chi connectivity index (χ3n) is 2.43. The van der Waals surface area contributed by atoms with Crippen LogP contribution < -0.4 is 5.48 Å². The second-order valence-electron chi connectivity index (χ2n) is 3.80. The van der Waals surface area contributed by atoms with Crippen molar-refractivity contribution in [3.05, 3.63) is 23.8 Å². The number of hydrogen-bond acceptors (Lipinski definition) is 5. The maximum Gasteiger partial charge on any atom is 0.243 e. The molecule has 1 amide bonds. The summed E-state index contributed by atoms with van der Waals surface area (Å²) in [5.41, 5.74) is 2.01. The third-order valence-corrected chi connectivity index (χ3v) is 2.43. The number of aromatic hydroxyl groups is 2. The van der Waals surface area contributed by atoms with E-state index in [0.717, 1.165) is 0 Å². The lowest BCUT2D eigenvalue weighted by atomic mass is 9.96. The zero-order valence-corrected chi connectivity index (χ0v) is 9.13. The quantitative estimate of drug-likeness (QED) is 0.372. The van der Waals surface area contributed by atoms with Gasteiger partial charge >= 0.3 is 0 Å². The van der Waals surface area contributed by atoms with Gasteiger partial charge in [-0.3, -0.25) is 10.0 Å². The Morgan fingerprint density at radius 1 is 1.35 bits per heavy atom. The molecule has 94 valence electrons. The molecule has 0 bridgehead atoms. The Bertz CT molecular complexity index is 393. The van der Waals surface area contributed by atoms with Crippen LogP contribution in [-0.2, 0) is 11.2 Å². The number of phenols is 2. The van der Waals surface area contributed by atoms with Crippen molar-refractivity contribution in [2.45, 2.75) is 12.8 Å². The molecule has 1 rings (SSSR count). The Morgan fingerprint density at radius 2 is 2.06 bits per heavy atom. The van der Waals surface area contributed by atoms with Gasteiger partial charge in [-0.15, -0.1) is 0 Å². The fourth-order valence-electron chi connectivity index (χ4n) is 1.54. The van der Waals surface area contributed by atoms with Crippen LogP contribution in [0.3, 0.4) is 0 Å². The van der Waals surface area contributed by atoms with Gasteiger partial charge in [0.25, 0.3) is 0 Å². The first-order chi connectivity index (χ1) is 8.06. The van der Waals surface area contributed by atoms with Crippen LogP contribution in [-0.4, -0.2) is 33.0 Å². The number of phenolic OH excluding ortho intramolecular Hbond substituents is 2. The molecule has 5 N–H and O–H groups in total. The van der Waals surface area contributed by atoms with Crippen LogP contribution in [0.2, 0.25) is 0 Å². The lowest BCUT2D eigenvalue weighted by molar-refractivity contribution is -0.130. The Kier molecular flexibility index (Phi) is 4.74. The molecular weight excluding hydrogens is 226 g/mol. The highest BCUT2D eigenvalue weighted by molar-refractivity contribution is 5.74. The van der Waals surface area contributed by atoms with E-state index in [4.69, 9.17) is 15.4 Å². The molecule has 0 spiro atoms. The molecule has 6 nitrogen and oxygen atoms in total. The van der Waals surface area contributed by atoms with Crippen molar-refractivity contribution in [1.29, 1.82) is 0 Å². The SMILES string of the molecule is O=C(CC(CO)Cc1ccc(O)cc1O)NO. The Labute approximate surface area is 98.1 Å². The molecule has 0 heterocycles. The number of hydrogen-bond donors (Lipinski definition) is 5. The summed E-state index contributed by atoms with van der Waals surface area (Å²) in [6.07, 6.45) is 0.226. The summed E-state index contributed by atoms with van der Waals surface area (Å²) in [6.45, 7) is -0.242. The van der Waals surface area contributed by atoms with Gasteiger partial charge in [0.05, 0.1) is 0 Å². The molecule has 1 atom stereocenters. The summed E-state index contributed by atoms with van der Waals surface area (Å²) >= 11 is 0.